The first-order valence-corrected chi connectivity index (χ1v) is 16.7. The fraction of sp³-hybridized carbons (Fsp3) is 0.556. The van der Waals surface area contributed by atoms with Gasteiger partial charge in [0.2, 0.25) is 0 Å². The first kappa shape index (κ1) is 30.2. The third-order valence-corrected chi connectivity index (χ3v) is 10.0. The number of aliphatic hydroxyl groups excluding tert-OH is 1. The monoisotopic (exact) mass is 584 g/mol. The average Bonchev–Trinajstić information content (AvgIpc) is 3.17. The zero-order valence-corrected chi connectivity index (χ0v) is 26.7. The maximum Gasteiger partial charge on any atom is 0.0691 e. The van der Waals surface area contributed by atoms with Crippen molar-refractivity contribution in [3.63, 3.8) is 0 Å². The van der Waals surface area contributed by atoms with Crippen LogP contribution in [0.2, 0.25) is 0 Å². The fourth-order valence-electron chi connectivity index (χ4n) is 7.36. The summed E-state index contributed by atoms with van der Waals surface area (Å²) in [5.74, 6) is 0. The molecular weight excluding hydrogens is 532 g/mol. The van der Waals surface area contributed by atoms with E-state index in [1.54, 1.807) is 0 Å². The number of aliphatic hydroxyl groups is 1. The van der Waals surface area contributed by atoms with Crippen LogP contribution >= 0.6 is 0 Å². The molecule has 0 aliphatic carbocycles. The SMILES string of the molecule is C/C=c1/cc(NCCCN2CCN(C)CC2)cc/c1=C1/c2c(C)c3ccccc3n2CCCN1CCN1CCC(O)CC1. The van der Waals surface area contributed by atoms with Crippen LogP contribution < -0.4 is 15.8 Å². The Morgan fingerprint density at radius 3 is 2.44 bits per heavy atom. The van der Waals surface area contributed by atoms with Crippen molar-refractivity contribution >= 4 is 28.4 Å². The van der Waals surface area contributed by atoms with E-state index in [1.807, 2.05) is 0 Å². The lowest BCUT2D eigenvalue weighted by atomic mass is 10.1. The van der Waals surface area contributed by atoms with Crippen LogP contribution in [0, 0.1) is 6.92 Å². The molecule has 2 fully saturated rings. The number of aryl methyl sites for hydroxylation is 2. The molecule has 3 aliphatic heterocycles. The molecule has 3 aliphatic rings. The molecule has 4 heterocycles. The standard InChI is InChI=1S/C36H52N6O/c1-4-29-27-30(37-15-7-16-39-23-21-38(3)22-24-39)11-12-33(29)36-35-28(2)32-9-5-6-10-34(32)42(35)18-8-17-41(36)26-25-40-19-13-31(43)14-20-40/h4-6,9-12,27,31,37,43H,7-8,13-26H2,1-3H3/b29-4-,36-33+. The van der Waals surface area contributed by atoms with Gasteiger partial charge in [0.25, 0.3) is 0 Å². The Kier molecular flexibility index (Phi) is 9.73. The largest absolute Gasteiger partial charge is 0.393 e. The van der Waals surface area contributed by atoms with Crippen LogP contribution in [0.3, 0.4) is 0 Å². The molecule has 2 saturated heterocycles. The van der Waals surface area contributed by atoms with Gasteiger partial charge in [-0.05, 0) is 82.1 Å². The molecule has 0 saturated carbocycles. The average molecular weight is 585 g/mol. The molecule has 6 rings (SSSR count). The zero-order valence-electron chi connectivity index (χ0n) is 26.7. The Labute approximate surface area is 258 Å². The van der Waals surface area contributed by atoms with Gasteiger partial charge in [0, 0.05) is 93.8 Å². The van der Waals surface area contributed by atoms with Crippen LogP contribution in [0.1, 0.15) is 43.9 Å². The van der Waals surface area contributed by atoms with E-state index in [2.05, 4.69) is 98.9 Å². The van der Waals surface area contributed by atoms with Crippen LogP contribution in [0.5, 0.6) is 0 Å². The van der Waals surface area contributed by atoms with E-state index >= 15 is 0 Å². The van der Waals surface area contributed by atoms with Crippen LogP contribution in [0.25, 0.3) is 22.7 Å². The van der Waals surface area contributed by atoms with Crippen LogP contribution in [0.15, 0.2) is 42.5 Å². The Hall–Kier alpha value is -2.84. The highest BCUT2D eigenvalue weighted by Gasteiger charge is 2.26. The fourth-order valence-corrected chi connectivity index (χ4v) is 7.36. The van der Waals surface area contributed by atoms with Crippen molar-refractivity contribution in [1.29, 1.82) is 0 Å². The van der Waals surface area contributed by atoms with Crippen LogP contribution in [-0.4, -0.2) is 114 Å². The van der Waals surface area contributed by atoms with Crippen LogP contribution in [0.4, 0.5) is 5.69 Å². The highest BCUT2D eigenvalue weighted by Crippen LogP contribution is 2.33. The zero-order chi connectivity index (χ0) is 29.8. The molecule has 0 spiro atoms. The van der Waals surface area contributed by atoms with Crippen molar-refractivity contribution in [3.8, 4) is 0 Å². The molecule has 232 valence electrons. The van der Waals surface area contributed by atoms with Gasteiger partial charge < -0.3 is 34.6 Å². The molecule has 7 nitrogen and oxygen atoms in total. The summed E-state index contributed by atoms with van der Waals surface area (Å²) in [6.45, 7) is 17.5. The number of nitrogens with one attached hydrogen (secondary N) is 1. The van der Waals surface area contributed by atoms with E-state index in [1.165, 1.54) is 76.7 Å². The first-order valence-electron chi connectivity index (χ1n) is 16.7. The van der Waals surface area contributed by atoms with Crippen molar-refractivity contribution in [3.05, 3.63) is 64.2 Å². The van der Waals surface area contributed by atoms with Crippen LogP contribution in [-0.2, 0) is 6.54 Å². The molecule has 2 aromatic carbocycles. The summed E-state index contributed by atoms with van der Waals surface area (Å²) in [5, 5.41) is 17.8. The smallest absolute Gasteiger partial charge is 0.0691 e. The molecule has 7 heteroatoms. The number of rotatable bonds is 8. The summed E-state index contributed by atoms with van der Waals surface area (Å²) >= 11 is 0. The normalized spacial score (nSPS) is 21.4. The second-order valence-electron chi connectivity index (χ2n) is 12.9. The van der Waals surface area contributed by atoms with Gasteiger partial charge in [-0.3, -0.25) is 0 Å². The summed E-state index contributed by atoms with van der Waals surface area (Å²) in [5.41, 5.74) is 6.69. The highest BCUT2D eigenvalue weighted by molar-refractivity contribution is 5.90. The third-order valence-electron chi connectivity index (χ3n) is 10.0. The van der Waals surface area contributed by atoms with Crippen molar-refractivity contribution in [1.82, 2.24) is 24.2 Å². The lowest BCUT2D eigenvalue weighted by molar-refractivity contribution is 0.0797. The molecule has 2 N–H and O–H groups in total. The highest BCUT2D eigenvalue weighted by atomic mass is 16.3. The van der Waals surface area contributed by atoms with Gasteiger partial charge in [0.05, 0.1) is 17.5 Å². The molecule has 3 aromatic rings. The number of piperidine rings is 1. The summed E-state index contributed by atoms with van der Waals surface area (Å²) in [6.07, 6.45) is 6.23. The Morgan fingerprint density at radius 1 is 0.884 bits per heavy atom. The molecule has 0 radical (unpaired) electrons. The van der Waals surface area contributed by atoms with Crippen molar-refractivity contribution < 1.29 is 5.11 Å². The molecule has 0 unspecified atom stereocenters. The minimum absolute atomic E-state index is 0.128. The Bertz CT molecular complexity index is 1500. The van der Waals surface area contributed by atoms with Gasteiger partial charge in [-0.25, -0.2) is 0 Å². The van der Waals surface area contributed by atoms with Crippen molar-refractivity contribution in [2.45, 2.75) is 52.2 Å². The second kappa shape index (κ2) is 13.9. The number of benzene rings is 2. The predicted molar refractivity (Wildman–Crippen MR) is 180 cm³/mol. The topological polar surface area (TPSA) is 50.2 Å². The number of fused-ring (bicyclic) bond motifs is 3. The maximum atomic E-state index is 10.0. The number of para-hydroxylation sites is 1. The summed E-state index contributed by atoms with van der Waals surface area (Å²) < 4.78 is 2.58. The molecule has 43 heavy (non-hydrogen) atoms. The molecule has 0 bridgehead atoms. The quantitative estimate of drug-likeness (QED) is 0.397. The number of hydrogen-bond acceptors (Lipinski definition) is 6. The van der Waals surface area contributed by atoms with Gasteiger partial charge in [-0.15, -0.1) is 0 Å². The lowest BCUT2D eigenvalue weighted by Crippen LogP contribution is -2.44. The molecule has 0 amide bonds. The maximum absolute atomic E-state index is 10.0. The van der Waals surface area contributed by atoms with Crippen molar-refractivity contribution in [2.24, 2.45) is 0 Å². The minimum Gasteiger partial charge on any atom is -0.393 e. The molecule has 1 aromatic heterocycles. The Balaban J connectivity index is 1.30. The third kappa shape index (κ3) is 6.80. The van der Waals surface area contributed by atoms with Crippen molar-refractivity contribution in [2.75, 3.05) is 84.4 Å². The number of aromatic nitrogens is 1. The summed E-state index contributed by atoms with van der Waals surface area (Å²) in [4.78, 5) is 10.2. The predicted octanol–water partition coefficient (Wildman–Crippen LogP) is 3.12. The number of nitrogens with zero attached hydrogens (tertiary/aromatic N) is 5. The van der Waals surface area contributed by atoms with Gasteiger partial charge in [0.15, 0.2) is 0 Å². The van der Waals surface area contributed by atoms with E-state index < -0.39 is 0 Å². The lowest BCUT2D eigenvalue weighted by Gasteiger charge is -2.33. The number of anilines is 1. The van der Waals surface area contributed by atoms with Gasteiger partial charge in [0.1, 0.15) is 0 Å². The van der Waals surface area contributed by atoms with Gasteiger partial charge >= 0.3 is 0 Å². The molecular formula is C36H52N6O. The van der Waals surface area contributed by atoms with E-state index in [0.717, 1.165) is 71.5 Å². The number of likely N-dealkylation sites (tertiary alicyclic amines) is 1. The van der Waals surface area contributed by atoms with E-state index in [9.17, 15) is 5.11 Å². The van der Waals surface area contributed by atoms with E-state index in [4.69, 9.17) is 0 Å². The number of piperazine rings is 1. The summed E-state index contributed by atoms with van der Waals surface area (Å²) in [7, 11) is 2.22. The Morgan fingerprint density at radius 2 is 1.65 bits per heavy atom. The van der Waals surface area contributed by atoms with E-state index in [-0.39, 0.29) is 6.10 Å². The second-order valence-corrected chi connectivity index (χ2v) is 12.9. The minimum atomic E-state index is -0.128. The van der Waals surface area contributed by atoms with Gasteiger partial charge in [-0.1, -0.05) is 30.3 Å². The number of hydrogen-bond donors (Lipinski definition) is 2. The summed E-state index contributed by atoms with van der Waals surface area (Å²) in [6, 6.07) is 15.9. The number of likely N-dealkylation sites (N-methyl/N-ethyl adjacent to an activating group) is 1. The van der Waals surface area contributed by atoms with E-state index in [0.29, 0.717) is 0 Å². The van der Waals surface area contributed by atoms with Gasteiger partial charge in [-0.2, -0.15) is 0 Å². The molecule has 0 atom stereocenters. The first-order chi connectivity index (χ1) is 21.0.